The minimum absolute atomic E-state index is 0.0222. The first-order valence-electron chi connectivity index (χ1n) is 9.37. The standard InChI is InChI=1S/C17H31F3N4O/c1-2-21-15(22-9-8-17(18,19)20)23-14-16(6-4-3-5-7-16)24-10-12-25-13-11-24/h2-14H2,1H3,(H2,21,22,23). The Kier molecular flexibility index (Phi) is 7.81. The zero-order chi connectivity index (χ0) is 18.2. The Morgan fingerprint density at radius 3 is 2.40 bits per heavy atom. The molecule has 1 aliphatic carbocycles. The zero-order valence-electron chi connectivity index (χ0n) is 15.1. The summed E-state index contributed by atoms with van der Waals surface area (Å²) in [6, 6.07) is 0. The summed E-state index contributed by atoms with van der Waals surface area (Å²) in [7, 11) is 0. The van der Waals surface area contributed by atoms with Gasteiger partial charge in [-0.25, -0.2) is 0 Å². The first-order chi connectivity index (χ1) is 12.0. The van der Waals surface area contributed by atoms with Crippen molar-refractivity contribution >= 4 is 5.96 Å². The lowest BCUT2D eigenvalue weighted by Crippen LogP contribution is -2.56. The van der Waals surface area contributed by atoms with Crippen molar-refractivity contribution < 1.29 is 17.9 Å². The molecule has 0 unspecified atom stereocenters. The molecule has 2 aliphatic rings. The first-order valence-corrected chi connectivity index (χ1v) is 9.37. The third-order valence-electron chi connectivity index (χ3n) is 5.04. The Balaban J connectivity index is 1.99. The van der Waals surface area contributed by atoms with Crippen LogP contribution in [0.3, 0.4) is 0 Å². The summed E-state index contributed by atoms with van der Waals surface area (Å²) in [5.74, 6) is 0.477. The van der Waals surface area contributed by atoms with E-state index in [2.05, 4.69) is 20.5 Å². The molecule has 146 valence electrons. The molecule has 25 heavy (non-hydrogen) atoms. The van der Waals surface area contributed by atoms with Gasteiger partial charge < -0.3 is 15.4 Å². The normalized spacial score (nSPS) is 22.6. The van der Waals surface area contributed by atoms with Gasteiger partial charge in [0.2, 0.25) is 0 Å². The molecular weight excluding hydrogens is 333 g/mol. The summed E-state index contributed by atoms with van der Waals surface area (Å²) in [5, 5.41) is 5.87. The summed E-state index contributed by atoms with van der Waals surface area (Å²) >= 11 is 0. The maximum Gasteiger partial charge on any atom is 0.390 e. The molecule has 5 nitrogen and oxygen atoms in total. The van der Waals surface area contributed by atoms with Crippen LogP contribution in [0, 0.1) is 0 Å². The molecule has 2 N–H and O–H groups in total. The molecule has 2 rings (SSSR count). The van der Waals surface area contributed by atoms with E-state index >= 15 is 0 Å². The number of halogens is 3. The molecule has 0 aromatic heterocycles. The topological polar surface area (TPSA) is 48.9 Å². The number of guanidine groups is 1. The summed E-state index contributed by atoms with van der Waals surface area (Å²) in [5.41, 5.74) is 0.0222. The maximum atomic E-state index is 12.4. The molecule has 1 saturated heterocycles. The van der Waals surface area contributed by atoms with Gasteiger partial charge in [0.1, 0.15) is 0 Å². The van der Waals surface area contributed by atoms with Gasteiger partial charge in [0.15, 0.2) is 5.96 Å². The van der Waals surface area contributed by atoms with Gasteiger partial charge in [0, 0.05) is 31.7 Å². The Hall–Kier alpha value is -1.02. The Bertz CT molecular complexity index is 417. The van der Waals surface area contributed by atoms with Crippen molar-refractivity contribution in [1.82, 2.24) is 15.5 Å². The fraction of sp³-hybridized carbons (Fsp3) is 0.941. The predicted octanol–water partition coefficient (Wildman–Crippen LogP) is 2.53. The van der Waals surface area contributed by atoms with Crippen molar-refractivity contribution in [2.75, 3.05) is 45.9 Å². The highest BCUT2D eigenvalue weighted by Gasteiger charge is 2.38. The van der Waals surface area contributed by atoms with Crippen LogP contribution in [0.1, 0.15) is 45.4 Å². The van der Waals surface area contributed by atoms with Crippen LogP contribution < -0.4 is 10.6 Å². The lowest BCUT2D eigenvalue weighted by atomic mass is 9.80. The second kappa shape index (κ2) is 9.62. The van der Waals surface area contributed by atoms with Crippen LogP contribution in [0.5, 0.6) is 0 Å². The highest BCUT2D eigenvalue weighted by Crippen LogP contribution is 2.34. The maximum absolute atomic E-state index is 12.4. The molecule has 0 atom stereocenters. The van der Waals surface area contributed by atoms with E-state index in [0.29, 0.717) is 19.0 Å². The van der Waals surface area contributed by atoms with E-state index in [0.717, 1.165) is 39.1 Å². The van der Waals surface area contributed by atoms with Crippen LogP contribution in [-0.4, -0.2) is 68.5 Å². The number of hydrogen-bond acceptors (Lipinski definition) is 3. The molecule has 0 spiro atoms. The van der Waals surface area contributed by atoms with E-state index in [1.54, 1.807) is 0 Å². The van der Waals surface area contributed by atoms with Crippen LogP contribution in [0.4, 0.5) is 13.2 Å². The van der Waals surface area contributed by atoms with Gasteiger partial charge in [-0.1, -0.05) is 19.3 Å². The highest BCUT2D eigenvalue weighted by molar-refractivity contribution is 5.79. The molecule has 8 heteroatoms. The third kappa shape index (κ3) is 6.66. The van der Waals surface area contributed by atoms with Crippen molar-refractivity contribution in [3.8, 4) is 0 Å². The molecule has 0 bridgehead atoms. The number of hydrogen-bond donors (Lipinski definition) is 2. The lowest BCUT2D eigenvalue weighted by Gasteiger charge is -2.47. The zero-order valence-corrected chi connectivity index (χ0v) is 15.1. The molecule has 0 amide bonds. The first kappa shape index (κ1) is 20.3. The Morgan fingerprint density at radius 1 is 1.12 bits per heavy atom. The average Bonchev–Trinajstić information content (AvgIpc) is 2.60. The van der Waals surface area contributed by atoms with E-state index in [1.807, 2.05) is 6.92 Å². The summed E-state index contributed by atoms with van der Waals surface area (Å²) in [6.45, 7) is 6.32. The number of nitrogens with one attached hydrogen (secondary N) is 2. The van der Waals surface area contributed by atoms with Crippen molar-refractivity contribution in [3.05, 3.63) is 0 Å². The minimum atomic E-state index is -4.15. The van der Waals surface area contributed by atoms with Crippen molar-refractivity contribution in [2.24, 2.45) is 4.99 Å². The Morgan fingerprint density at radius 2 is 1.80 bits per heavy atom. The van der Waals surface area contributed by atoms with Crippen molar-refractivity contribution in [3.63, 3.8) is 0 Å². The SMILES string of the molecule is CCNC(=NCC1(N2CCOCC2)CCCCC1)NCCC(F)(F)F. The van der Waals surface area contributed by atoms with Crippen molar-refractivity contribution in [1.29, 1.82) is 0 Å². The monoisotopic (exact) mass is 364 g/mol. The lowest BCUT2D eigenvalue weighted by molar-refractivity contribution is -0.132. The summed E-state index contributed by atoms with van der Waals surface area (Å²) in [6.07, 6.45) is 0.807. The Labute approximate surface area is 148 Å². The predicted molar refractivity (Wildman–Crippen MR) is 92.9 cm³/mol. The second-order valence-corrected chi connectivity index (χ2v) is 6.87. The molecule has 0 aromatic carbocycles. The third-order valence-corrected chi connectivity index (χ3v) is 5.04. The highest BCUT2D eigenvalue weighted by atomic mass is 19.4. The van der Waals surface area contributed by atoms with E-state index in [9.17, 15) is 13.2 Å². The number of nitrogens with zero attached hydrogens (tertiary/aromatic N) is 2. The van der Waals surface area contributed by atoms with Crippen LogP contribution in [0.25, 0.3) is 0 Å². The summed E-state index contributed by atoms with van der Waals surface area (Å²) in [4.78, 5) is 7.13. The molecule has 2 fully saturated rings. The smallest absolute Gasteiger partial charge is 0.379 e. The second-order valence-electron chi connectivity index (χ2n) is 6.87. The minimum Gasteiger partial charge on any atom is -0.379 e. The molecule has 1 aliphatic heterocycles. The van der Waals surface area contributed by atoms with Gasteiger partial charge in [0.05, 0.1) is 26.2 Å². The van der Waals surface area contributed by atoms with E-state index < -0.39 is 12.6 Å². The average molecular weight is 364 g/mol. The van der Waals surface area contributed by atoms with E-state index in [-0.39, 0.29) is 12.1 Å². The van der Waals surface area contributed by atoms with E-state index in [4.69, 9.17) is 4.74 Å². The van der Waals surface area contributed by atoms with E-state index in [1.165, 1.54) is 19.3 Å². The largest absolute Gasteiger partial charge is 0.390 e. The van der Waals surface area contributed by atoms with Crippen LogP contribution >= 0.6 is 0 Å². The molecule has 1 saturated carbocycles. The number of alkyl halides is 3. The fourth-order valence-corrected chi connectivity index (χ4v) is 3.71. The van der Waals surface area contributed by atoms with Crippen LogP contribution in [0.15, 0.2) is 4.99 Å². The van der Waals surface area contributed by atoms with Crippen molar-refractivity contribution in [2.45, 2.75) is 57.2 Å². The summed E-state index contributed by atoms with van der Waals surface area (Å²) < 4.78 is 42.5. The van der Waals surface area contributed by atoms with Gasteiger partial charge in [-0.2, -0.15) is 13.2 Å². The quantitative estimate of drug-likeness (QED) is 0.562. The van der Waals surface area contributed by atoms with Gasteiger partial charge >= 0.3 is 6.18 Å². The molecule has 0 radical (unpaired) electrons. The molecule has 0 aromatic rings. The fourth-order valence-electron chi connectivity index (χ4n) is 3.71. The number of morpholine rings is 1. The van der Waals surface area contributed by atoms with Gasteiger partial charge in [-0.15, -0.1) is 0 Å². The molecule has 1 heterocycles. The molecular formula is C17H31F3N4O. The van der Waals surface area contributed by atoms with Gasteiger partial charge in [0.25, 0.3) is 0 Å². The van der Waals surface area contributed by atoms with Gasteiger partial charge in [-0.3, -0.25) is 9.89 Å². The van der Waals surface area contributed by atoms with Crippen LogP contribution in [0.2, 0.25) is 0 Å². The number of aliphatic imine (C=N–C) groups is 1. The number of rotatable bonds is 6. The number of ether oxygens (including phenoxy) is 1. The van der Waals surface area contributed by atoms with Gasteiger partial charge in [-0.05, 0) is 19.8 Å². The van der Waals surface area contributed by atoms with Crippen LogP contribution in [-0.2, 0) is 4.74 Å².